The maximum atomic E-state index is 12.9. The second-order valence-electron chi connectivity index (χ2n) is 8.92. The van der Waals surface area contributed by atoms with Gasteiger partial charge in [0.05, 0.1) is 18.8 Å². The Morgan fingerprint density at radius 3 is 2.11 bits per heavy atom. The van der Waals surface area contributed by atoms with Gasteiger partial charge in [-0.05, 0) is 38.1 Å². The molecule has 1 rings (SSSR count). The quantitative estimate of drug-likeness (QED) is 0.112. The van der Waals surface area contributed by atoms with Gasteiger partial charge in [0.25, 0.3) is 0 Å². The van der Waals surface area contributed by atoms with Gasteiger partial charge in [-0.1, -0.05) is 13.8 Å². The van der Waals surface area contributed by atoms with Crippen LogP contribution in [0, 0.1) is 5.92 Å². The fourth-order valence-corrected chi connectivity index (χ4v) is 3.39. The van der Waals surface area contributed by atoms with Crippen molar-refractivity contribution in [3.05, 3.63) is 18.2 Å². The van der Waals surface area contributed by atoms with Gasteiger partial charge in [-0.2, -0.15) is 0 Å². The number of hydrogen-bond donors (Lipinski definition) is 8. The molecule has 14 nitrogen and oxygen atoms in total. The molecule has 10 N–H and O–H groups in total. The number of carbonyl (C=O) groups excluding carboxylic acids is 3. The fraction of sp³-hybridized carbons (Fsp3) is 0.636. The number of carboxylic acid groups (broad SMARTS) is 2. The Bertz CT molecular complexity index is 876. The summed E-state index contributed by atoms with van der Waals surface area (Å²) >= 11 is 0. The zero-order valence-corrected chi connectivity index (χ0v) is 20.5. The largest absolute Gasteiger partial charge is 0.481 e. The van der Waals surface area contributed by atoms with Gasteiger partial charge in [0.2, 0.25) is 17.7 Å². The van der Waals surface area contributed by atoms with E-state index in [1.165, 1.54) is 12.5 Å². The summed E-state index contributed by atoms with van der Waals surface area (Å²) in [7, 11) is 0. The number of amides is 3. The van der Waals surface area contributed by atoms with Crippen molar-refractivity contribution in [2.45, 2.75) is 76.5 Å². The second-order valence-corrected chi connectivity index (χ2v) is 8.92. The third-order valence-corrected chi connectivity index (χ3v) is 5.24. The Balaban J connectivity index is 2.95. The van der Waals surface area contributed by atoms with Crippen molar-refractivity contribution in [2.24, 2.45) is 17.4 Å². The molecule has 0 fully saturated rings. The van der Waals surface area contributed by atoms with Crippen molar-refractivity contribution in [3.63, 3.8) is 0 Å². The molecule has 14 heteroatoms. The number of aromatic nitrogens is 2. The number of carbonyl (C=O) groups is 5. The van der Waals surface area contributed by atoms with E-state index in [2.05, 4.69) is 25.9 Å². The minimum absolute atomic E-state index is 0.0159. The lowest BCUT2D eigenvalue weighted by Crippen LogP contribution is -2.57. The van der Waals surface area contributed by atoms with Crippen LogP contribution in [0.25, 0.3) is 0 Å². The van der Waals surface area contributed by atoms with Crippen molar-refractivity contribution in [2.75, 3.05) is 6.54 Å². The number of hydrogen-bond acceptors (Lipinski definition) is 8. The van der Waals surface area contributed by atoms with E-state index < -0.39 is 60.2 Å². The van der Waals surface area contributed by atoms with Crippen molar-refractivity contribution in [1.29, 1.82) is 0 Å². The molecule has 202 valence electrons. The topological polar surface area (TPSA) is 243 Å². The summed E-state index contributed by atoms with van der Waals surface area (Å²) in [5.41, 5.74) is 11.9. The molecule has 0 aromatic carbocycles. The summed E-state index contributed by atoms with van der Waals surface area (Å²) < 4.78 is 0. The smallest absolute Gasteiger partial charge is 0.326 e. The van der Waals surface area contributed by atoms with Crippen molar-refractivity contribution in [3.8, 4) is 0 Å². The molecule has 3 amide bonds. The van der Waals surface area contributed by atoms with E-state index in [9.17, 15) is 34.2 Å². The average molecular weight is 512 g/mol. The van der Waals surface area contributed by atoms with Gasteiger partial charge in [-0.3, -0.25) is 19.2 Å². The van der Waals surface area contributed by atoms with Gasteiger partial charge in [-0.15, -0.1) is 0 Å². The van der Waals surface area contributed by atoms with Gasteiger partial charge in [0.15, 0.2) is 0 Å². The first kappa shape index (κ1) is 30.5. The lowest BCUT2D eigenvalue weighted by Gasteiger charge is -2.25. The predicted molar refractivity (Wildman–Crippen MR) is 128 cm³/mol. The molecule has 0 spiro atoms. The SMILES string of the molecule is CC(C)CC(NC(=O)C(CCCCN)NC(=O)C(CC(=O)O)NC(=O)C(N)Cc1cnc[nH]1)C(=O)O. The molecule has 0 saturated carbocycles. The zero-order chi connectivity index (χ0) is 27.3. The third kappa shape index (κ3) is 11.3. The number of aliphatic carboxylic acids is 2. The standard InChI is InChI=1S/C22H37N7O7/c1-12(2)7-17(22(35)36)29-20(33)15(5-3-4-6-23)27-21(34)16(9-18(30)31)28-19(32)14(24)8-13-10-25-11-26-13/h10-12,14-17H,3-9,23-24H2,1-2H3,(H,25,26)(H,27,34)(H,28,32)(H,29,33)(H,30,31)(H,35,36). The van der Waals surface area contributed by atoms with Crippen molar-refractivity contribution < 1.29 is 34.2 Å². The van der Waals surface area contributed by atoms with Gasteiger partial charge < -0.3 is 42.6 Å². The minimum Gasteiger partial charge on any atom is -0.481 e. The molecule has 0 bridgehead atoms. The minimum atomic E-state index is -1.52. The molecular weight excluding hydrogens is 474 g/mol. The van der Waals surface area contributed by atoms with E-state index in [0.717, 1.165) is 0 Å². The number of nitrogens with one attached hydrogen (secondary N) is 4. The summed E-state index contributed by atoms with van der Waals surface area (Å²) in [6.07, 6.45) is 3.51. The molecule has 0 aliphatic carbocycles. The lowest BCUT2D eigenvalue weighted by molar-refractivity contribution is -0.143. The zero-order valence-electron chi connectivity index (χ0n) is 20.5. The van der Waals surface area contributed by atoms with Crippen LogP contribution < -0.4 is 27.4 Å². The number of unbranched alkanes of at least 4 members (excludes halogenated alkanes) is 1. The summed E-state index contributed by atoms with van der Waals surface area (Å²) in [6, 6.07) is -4.93. The molecule has 4 unspecified atom stereocenters. The van der Waals surface area contributed by atoms with Crippen LogP contribution >= 0.6 is 0 Å². The van der Waals surface area contributed by atoms with E-state index in [4.69, 9.17) is 11.5 Å². The maximum absolute atomic E-state index is 12.9. The highest BCUT2D eigenvalue weighted by molar-refractivity contribution is 5.95. The first-order chi connectivity index (χ1) is 16.9. The number of rotatable bonds is 17. The summed E-state index contributed by atoms with van der Waals surface area (Å²) in [4.78, 5) is 67.8. The van der Waals surface area contributed by atoms with Crippen molar-refractivity contribution in [1.82, 2.24) is 25.9 Å². The average Bonchev–Trinajstić information content (AvgIpc) is 3.29. The molecule has 1 heterocycles. The van der Waals surface area contributed by atoms with Crippen LogP contribution in [0.2, 0.25) is 0 Å². The summed E-state index contributed by atoms with van der Waals surface area (Å²) in [5, 5.41) is 25.9. The first-order valence-electron chi connectivity index (χ1n) is 11.7. The first-order valence-corrected chi connectivity index (χ1v) is 11.7. The van der Waals surface area contributed by atoms with Crippen LogP contribution in [0.1, 0.15) is 51.6 Å². The summed E-state index contributed by atoms with van der Waals surface area (Å²) in [6.45, 7) is 3.96. The third-order valence-electron chi connectivity index (χ3n) is 5.24. The van der Waals surface area contributed by atoms with E-state index in [0.29, 0.717) is 25.1 Å². The number of imidazole rings is 1. The van der Waals surface area contributed by atoms with Gasteiger partial charge in [0.1, 0.15) is 18.1 Å². The molecule has 4 atom stereocenters. The number of H-pyrrole nitrogens is 1. The van der Waals surface area contributed by atoms with Crippen LogP contribution in [0.15, 0.2) is 12.5 Å². The molecule has 0 aliphatic heterocycles. The fourth-order valence-electron chi connectivity index (χ4n) is 3.39. The van der Waals surface area contributed by atoms with Crippen LogP contribution in [0.3, 0.4) is 0 Å². The number of nitrogens with two attached hydrogens (primary N) is 2. The Labute approximate surface area is 209 Å². The Morgan fingerprint density at radius 1 is 0.972 bits per heavy atom. The van der Waals surface area contributed by atoms with Crippen LogP contribution in [-0.4, -0.2) is 80.6 Å². The van der Waals surface area contributed by atoms with Crippen LogP contribution in [0.4, 0.5) is 0 Å². The number of nitrogens with zero attached hydrogens (tertiary/aromatic N) is 1. The molecule has 1 aromatic heterocycles. The molecular formula is C22H37N7O7. The lowest BCUT2D eigenvalue weighted by atomic mass is 10.0. The van der Waals surface area contributed by atoms with E-state index in [1.807, 2.05) is 0 Å². The number of aromatic amines is 1. The molecule has 0 saturated heterocycles. The predicted octanol–water partition coefficient (Wildman–Crippen LogP) is -1.53. The van der Waals surface area contributed by atoms with Crippen LogP contribution in [-0.2, 0) is 30.4 Å². The number of carboxylic acids is 2. The van der Waals surface area contributed by atoms with E-state index in [1.54, 1.807) is 13.8 Å². The van der Waals surface area contributed by atoms with E-state index >= 15 is 0 Å². The van der Waals surface area contributed by atoms with Crippen molar-refractivity contribution >= 4 is 29.7 Å². The Kier molecular flexibility index (Phi) is 13.1. The van der Waals surface area contributed by atoms with Gasteiger partial charge in [0, 0.05) is 18.3 Å². The highest BCUT2D eigenvalue weighted by atomic mass is 16.4. The molecule has 0 aliphatic rings. The second kappa shape index (κ2) is 15.5. The maximum Gasteiger partial charge on any atom is 0.326 e. The van der Waals surface area contributed by atoms with Gasteiger partial charge >= 0.3 is 11.9 Å². The highest BCUT2D eigenvalue weighted by Gasteiger charge is 2.31. The normalized spacial score (nSPS) is 14.4. The Morgan fingerprint density at radius 2 is 1.58 bits per heavy atom. The summed E-state index contributed by atoms with van der Waals surface area (Å²) in [5.74, 6) is -5.00. The molecule has 0 radical (unpaired) electrons. The van der Waals surface area contributed by atoms with Gasteiger partial charge in [-0.25, -0.2) is 9.78 Å². The van der Waals surface area contributed by atoms with E-state index in [-0.39, 0.29) is 25.2 Å². The molecule has 36 heavy (non-hydrogen) atoms. The monoisotopic (exact) mass is 511 g/mol. The molecule has 1 aromatic rings. The highest BCUT2D eigenvalue weighted by Crippen LogP contribution is 2.08. The van der Waals surface area contributed by atoms with Crippen LogP contribution in [0.5, 0.6) is 0 Å². The Hall–Kier alpha value is -3.52.